The zero-order valence-electron chi connectivity index (χ0n) is 17.6. The number of benzene rings is 3. The van der Waals surface area contributed by atoms with Crippen LogP contribution in [0.5, 0.6) is 11.5 Å². The first-order valence-electron chi connectivity index (χ1n) is 9.72. The Labute approximate surface area is 180 Å². The fourth-order valence-corrected chi connectivity index (χ4v) is 3.25. The number of ketones is 1. The molecule has 31 heavy (non-hydrogen) atoms. The van der Waals surface area contributed by atoms with E-state index >= 15 is 0 Å². The average Bonchev–Trinajstić information content (AvgIpc) is 2.78. The molecular weight excluding hydrogens is 396 g/mol. The van der Waals surface area contributed by atoms with Gasteiger partial charge in [-0.15, -0.1) is 0 Å². The van der Waals surface area contributed by atoms with Crippen LogP contribution in [0, 0.1) is 17.0 Å². The van der Waals surface area contributed by atoms with E-state index in [1.165, 1.54) is 12.1 Å². The molecule has 0 bridgehead atoms. The van der Waals surface area contributed by atoms with Gasteiger partial charge in [-0.1, -0.05) is 35.9 Å². The summed E-state index contributed by atoms with van der Waals surface area (Å²) in [7, 11) is 3.11. The molecule has 0 saturated carbocycles. The van der Waals surface area contributed by atoms with E-state index in [0.717, 1.165) is 16.7 Å². The first-order chi connectivity index (χ1) is 14.9. The number of Topliss-reactive ketones (excluding diaryl/α,β-unsaturated/α-hetero) is 1. The number of carbonyl (C=O) groups excluding carboxylic acids is 1. The number of nitro groups is 1. The summed E-state index contributed by atoms with van der Waals surface area (Å²) in [6, 6.07) is 18.5. The molecule has 0 radical (unpaired) electrons. The largest absolute Gasteiger partial charge is 0.493 e. The molecular formula is C24H24N2O5. The van der Waals surface area contributed by atoms with Gasteiger partial charge in [-0.25, -0.2) is 0 Å². The molecule has 0 aromatic heterocycles. The zero-order valence-corrected chi connectivity index (χ0v) is 17.6. The molecule has 0 spiro atoms. The van der Waals surface area contributed by atoms with Crippen LogP contribution in [0.25, 0.3) is 0 Å². The predicted molar refractivity (Wildman–Crippen MR) is 119 cm³/mol. The van der Waals surface area contributed by atoms with Crippen molar-refractivity contribution in [3.63, 3.8) is 0 Å². The van der Waals surface area contributed by atoms with E-state index < -0.39 is 11.0 Å². The molecule has 0 fully saturated rings. The van der Waals surface area contributed by atoms with Crippen molar-refractivity contribution in [2.45, 2.75) is 19.4 Å². The third-order valence-electron chi connectivity index (χ3n) is 4.95. The van der Waals surface area contributed by atoms with Crippen LogP contribution in [0.3, 0.4) is 0 Å². The fraction of sp³-hybridized carbons (Fsp3) is 0.208. The topological polar surface area (TPSA) is 90.7 Å². The Morgan fingerprint density at radius 1 is 0.968 bits per heavy atom. The Hall–Kier alpha value is -3.87. The smallest absolute Gasteiger partial charge is 0.269 e. The highest BCUT2D eigenvalue weighted by atomic mass is 16.6. The van der Waals surface area contributed by atoms with Gasteiger partial charge < -0.3 is 14.8 Å². The van der Waals surface area contributed by atoms with Crippen molar-refractivity contribution in [3.8, 4) is 11.5 Å². The predicted octanol–water partition coefficient (Wildman–Crippen LogP) is 4.89. The minimum absolute atomic E-state index is 0.00547. The molecule has 0 saturated heterocycles. The van der Waals surface area contributed by atoms with Crippen LogP contribution in [0.2, 0.25) is 0 Å². The number of aryl methyl sites for hydroxylation is 1. The quantitative estimate of drug-likeness (QED) is 0.392. The molecule has 1 N–H and O–H groups in total. The van der Waals surface area contributed by atoms with Gasteiger partial charge in [-0.05, 0) is 42.3 Å². The second-order valence-electron chi connectivity index (χ2n) is 7.12. The summed E-state index contributed by atoms with van der Waals surface area (Å²) in [6.07, 6.45) is 0.179. The van der Waals surface area contributed by atoms with E-state index in [2.05, 4.69) is 5.32 Å². The van der Waals surface area contributed by atoms with Crippen LogP contribution in [0.1, 0.15) is 22.7 Å². The van der Waals surface area contributed by atoms with Gasteiger partial charge in [0.2, 0.25) is 0 Å². The number of non-ortho nitro benzene ring substituents is 1. The van der Waals surface area contributed by atoms with Crippen molar-refractivity contribution in [2.75, 3.05) is 19.5 Å². The summed E-state index contributed by atoms with van der Waals surface area (Å²) in [5.41, 5.74) is 3.32. The van der Waals surface area contributed by atoms with Gasteiger partial charge in [-0.2, -0.15) is 0 Å². The molecule has 3 aromatic rings. The second kappa shape index (κ2) is 9.75. The van der Waals surface area contributed by atoms with Gasteiger partial charge in [-0.3, -0.25) is 14.9 Å². The van der Waals surface area contributed by atoms with Crippen LogP contribution in [-0.2, 0) is 11.2 Å². The highest BCUT2D eigenvalue weighted by Crippen LogP contribution is 2.29. The van der Waals surface area contributed by atoms with Crippen LogP contribution in [0.15, 0.2) is 66.7 Å². The molecule has 7 nitrogen and oxygen atoms in total. The molecule has 0 amide bonds. The lowest BCUT2D eigenvalue weighted by Gasteiger charge is -2.20. The lowest BCUT2D eigenvalue weighted by atomic mass is 9.96. The fourth-order valence-electron chi connectivity index (χ4n) is 3.25. The summed E-state index contributed by atoms with van der Waals surface area (Å²) in [4.78, 5) is 23.7. The molecule has 1 atom stereocenters. The van der Waals surface area contributed by atoms with E-state index in [9.17, 15) is 14.9 Å². The van der Waals surface area contributed by atoms with Crippen LogP contribution >= 0.6 is 0 Å². The standard InChI is InChI=1S/C24H24N2O5/c1-16-4-7-18(8-5-16)24(25-19-9-11-20(12-10-19)26(28)29)21(27)14-17-6-13-22(30-2)23(15-17)31-3/h4-13,15,24-25H,14H2,1-3H3. The first-order valence-corrected chi connectivity index (χ1v) is 9.72. The SMILES string of the molecule is COc1ccc(CC(=O)C(Nc2ccc([N+](=O)[O-])cc2)c2ccc(C)cc2)cc1OC. The number of methoxy groups -OCH3 is 2. The van der Waals surface area contributed by atoms with Gasteiger partial charge in [0.05, 0.1) is 19.1 Å². The first kappa shape index (κ1) is 21.8. The summed E-state index contributed by atoms with van der Waals surface area (Å²) in [6.45, 7) is 1.98. The summed E-state index contributed by atoms with van der Waals surface area (Å²) < 4.78 is 10.6. The Kier molecular flexibility index (Phi) is 6.87. The number of anilines is 1. The van der Waals surface area contributed by atoms with E-state index in [4.69, 9.17) is 9.47 Å². The third kappa shape index (κ3) is 5.39. The molecule has 3 aromatic carbocycles. The minimum Gasteiger partial charge on any atom is -0.493 e. The van der Waals surface area contributed by atoms with Crippen molar-refractivity contribution < 1.29 is 19.2 Å². The Balaban J connectivity index is 1.87. The van der Waals surface area contributed by atoms with Crippen LogP contribution in [0.4, 0.5) is 11.4 Å². The number of nitrogens with one attached hydrogen (secondary N) is 1. The Bertz CT molecular complexity index is 1060. The van der Waals surface area contributed by atoms with Gasteiger partial charge in [0.25, 0.3) is 5.69 Å². The van der Waals surface area contributed by atoms with Crippen molar-refractivity contribution >= 4 is 17.2 Å². The number of nitrogens with zero attached hydrogens (tertiary/aromatic N) is 1. The molecule has 160 valence electrons. The zero-order chi connectivity index (χ0) is 22.4. The Morgan fingerprint density at radius 2 is 1.61 bits per heavy atom. The normalized spacial score (nSPS) is 11.5. The second-order valence-corrected chi connectivity index (χ2v) is 7.12. The molecule has 0 heterocycles. The molecule has 1 unspecified atom stereocenters. The number of hydrogen-bond donors (Lipinski definition) is 1. The molecule has 0 aliphatic carbocycles. The lowest BCUT2D eigenvalue weighted by Crippen LogP contribution is -2.23. The van der Waals surface area contributed by atoms with E-state index in [1.54, 1.807) is 38.5 Å². The molecule has 0 aliphatic rings. The van der Waals surface area contributed by atoms with Gasteiger partial charge in [0, 0.05) is 24.2 Å². The number of ether oxygens (including phenoxy) is 2. The van der Waals surface area contributed by atoms with Crippen LogP contribution in [-0.4, -0.2) is 24.9 Å². The maximum Gasteiger partial charge on any atom is 0.269 e. The number of rotatable bonds is 9. The highest BCUT2D eigenvalue weighted by molar-refractivity contribution is 5.90. The van der Waals surface area contributed by atoms with Crippen molar-refractivity contribution in [1.29, 1.82) is 0 Å². The van der Waals surface area contributed by atoms with Gasteiger partial charge in [0.1, 0.15) is 6.04 Å². The van der Waals surface area contributed by atoms with Gasteiger partial charge >= 0.3 is 0 Å². The monoisotopic (exact) mass is 420 g/mol. The van der Waals surface area contributed by atoms with E-state index in [-0.39, 0.29) is 17.9 Å². The highest BCUT2D eigenvalue weighted by Gasteiger charge is 2.22. The van der Waals surface area contributed by atoms with E-state index in [0.29, 0.717) is 17.2 Å². The van der Waals surface area contributed by atoms with Gasteiger partial charge in [0.15, 0.2) is 17.3 Å². The van der Waals surface area contributed by atoms with E-state index in [1.807, 2.05) is 37.3 Å². The summed E-state index contributed by atoms with van der Waals surface area (Å²) in [5.74, 6) is 1.11. The summed E-state index contributed by atoms with van der Waals surface area (Å²) in [5, 5.41) is 14.1. The Morgan fingerprint density at radius 3 is 2.19 bits per heavy atom. The molecule has 0 aliphatic heterocycles. The number of hydrogen-bond acceptors (Lipinski definition) is 6. The minimum atomic E-state index is -0.616. The lowest BCUT2D eigenvalue weighted by molar-refractivity contribution is -0.384. The third-order valence-corrected chi connectivity index (χ3v) is 4.95. The van der Waals surface area contributed by atoms with Crippen LogP contribution < -0.4 is 14.8 Å². The maximum atomic E-state index is 13.3. The average molecular weight is 420 g/mol. The van der Waals surface area contributed by atoms with Crippen molar-refractivity contribution in [3.05, 3.63) is 93.5 Å². The number of nitro benzene ring substituents is 1. The molecule has 7 heteroatoms. The molecule has 3 rings (SSSR count). The maximum absolute atomic E-state index is 13.3. The summed E-state index contributed by atoms with van der Waals surface area (Å²) >= 11 is 0. The number of carbonyl (C=O) groups is 1. The van der Waals surface area contributed by atoms with Crippen molar-refractivity contribution in [2.24, 2.45) is 0 Å². The van der Waals surface area contributed by atoms with Crippen molar-refractivity contribution in [1.82, 2.24) is 0 Å².